The maximum absolute atomic E-state index is 9.21. The minimum atomic E-state index is -0.234. The predicted octanol–water partition coefficient (Wildman–Crippen LogP) is 2.94. The van der Waals surface area contributed by atoms with E-state index in [0.717, 1.165) is 12.8 Å². The van der Waals surface area contributed by atoms with Crippen LogP contribution < -0.4 is 5.32 Å². The number of rotatable bonds is 5. The van der Waals surface area contributed by atoms with E-state index in [4.69, 9.17) is 0 Å². The van der Waals surface area contributed by atoms with E-state index >= 15 is 0 Å². The number of nitrogens with one attached hydrogen (secondary N) is 1. The van der Waals surface area contributed by atoms with Crippen molar-refractivity contribution in [1.82, 2.24) is 5.32 Å². The zero-order valence-corrected chi connectivity index (χ0v) is 10.7. The van der Waals surface area contributed by atoms with Gasteiger partial charge in [-0.05, 0) is 44.9 Å². The van der Waals surface area contributed by atoms with E-state index in [9.17, 15) is 5.26 Å². The molecule has 0 spiro atoms. The summed E-state index contributed by atoms with van der Waals surface area (Å²) in [6.45, 7) is 2.23. The van der Waals surface area contributed by atoms with Crippen molar-refractivity contribution in [2.75, 3.05) is 12.8 Å². The molecule has 1 saturated carbocycles. The Morgan fingerprint density at radius 1 is 1.60 bits per heavy atom. The Hall–Kier alpha value is -0.200. The summed E-state index contributed by atoms with van der Waals surface area (Å²) >= 11 is 2.06. The molecule has 0 bridgehead atoms. The van der Waals surface area contributed by atoms with E-state index in [0.29, 0.717) is 5.25 Å². The molecule has 0 aliphatic heterocycles. The monoisotopic (exact) mass is 226 g/mol. The molecule has 1 aliphatic carbocycles. The van der Waals surface area contributed by atoms with Crippen LogP contribution in [0, 0.1) is 11.3 Å². The minimum absolute atomic E-state index is 0.234. The number of hydrogen-bond acceptors (Lipinski definition) is 3. The van der Waals surface area contributed by atoms with Gasteiger partial charge < -0.3 is 5.32 Å². The van der Waals surface area contributed by atoms with Crippen LogP contribution in [-0.4, -0.2) is 23.6 Å². The molecule has 86 valence electrons. The van der Waals surface area contributed by atoms with Crippen molar-refractivity contribution in [2.24, 2.45) is 0 Å². The third-order valence-electron chi connectivity index (χ3n) is 3.25. The molecule has 1 rings (SSSR count). The van der Waals surface area contributed by atoms with Crippen molar-refractivity contribution < 1.29 is 0 Å². The number of thioether (sulfide) groups is 1. The molecule has 2 unspecified atom stereocenters. The Morgan fingerprint density at radius 2 is 2.40 bits per heavy atom. The molecule has 1 aliphatic rings. The molecule has 2 nitrogen and oxygen atoms in total. The van der Waals surface area contributed by atoms with Gasteiger partial charge in [0.05, 0.1) is 6.07 Å². The van der Waals surface area contributed by atoms with Crippen molar-refractivity contribution in [3.05, 3.63) is 0 Å². The molecule has 0 heterocycles. The molecule has 0 aromatic heterocycles. The van der Waals surface area contributed by atoms with Gasteiger partial charge in [-0.25, -0.2) is 0 Å². The Kier molecular flexibility index (Phi) is 5.49. The topological polar surface area (TPSA) is 35.8 Å². The van der Waals surface area contributed by atoms with Crippen LogP contribution in [0.4, 0.5) is 0 Å². The first kappa shape index (κ1) is 12.9. The highest BCUT2D eigenvalue weighted by Crippen LogP contribution is 2.34. The molecular weight excluding hydrogens is 204 g/mol. The van der Waals surface area contributed by atoms with Crippen molar-refractivity contribution in [3.63, 3.8) is 0 Å². The Balaban J connectivity index is 2.38. The zero-order chi connectivity index (χ0) is 11.1. The summed E-state index contributed by atoms with van der Waals surface area (Å²) in [5.41, 5.74) is -0.234. The summed E-state index contributed by atoms with van der Waals surface area (Å²) in [5, 5.41) is 13.1. The fourth-order valence-electron chi connectivity index (χ4n) is 2.15. The average Bonchev–Trinajstić information content (AvgIpc) is 2.30. The van der Waals surface area contributed by atoms with Gasteiger partial charge in [0.1, 0.15) is 5.54 Å². The normalized spacial score (nSPS) is 31.1. The molecule has 0 aromatic carbocycles. The number of hydrogen-bond donors (Lipinski definition) is 1. The van der Waals surface area contributed by atoms with Crippen molar-refractivity contribution >= 4 is 11.8 Å². The van der Waals surface area contributed by atoms with Gasteiger partial charge in [0.2, 0.25) is 0 Å². The van der Waals surface area contributed by atoms with Crippen LogP contribution in [-0.2, 0) is 0 Å². The minimum Gasteiger partial charge on any atom is -0.302 e. The van der Waals surface area contributed by atoms with Crippen molar-refractivity contribution in [1.29, 1.82) is 5.26 Å². The predicted molar refractivity (Wildman–Crippen MR) is 67.0 cm³/mol. The standard InChI is InChI=1S/C12H22N2S/c1-3-4-8-15-11-6-5-7-12(9-11,10-13)14-2/h11,14H,3-9H2,1-2H3. The number of nitrogens with zero attached hydrogens (tertiary/aromatic N) is 1. The van der Waals surface area contributed by atoms with Crippen LogP contribution in [0.3, 0.4) is 0 Å². The average molecular weight is 226 g/mol. The van der Waals surface area contributed by atoms with Crippen molar-refractivity contribution in [2.45, 2.75) is 56.2 Å². The second-order valence-corrected chi connectivity index (χ2v) is 5.79. The van der Waals surface area contributed by atoms with Crippen LogP contribution in [0.1, 0.15) is 45.4 Å². The molecule has 0 radical (unpaired) electrons. The fourth-order valence-corrected chi connectivity index (χ4v) is 3.67. The second kappa shape index (κ2) is 6.40. The molecule has 1 fully saturated rings. The first-order valence-electron chi connectivity index (χ1n) is 5.98. The van der Waals surface area contributed by atoms with Crippen LogP contribution in [0.5, 0.6) is 0 Å². The lowest BCUT2D eigenvalue weighted by Crippen LogP contribution is -2.46. The molecule has 3 heteroatoms. The molecule has 2 atom stereocenters. The highest BCUT2D eigenvalue weighted by molar-refractivity contribution is 7.99. The smallest absolute Gasteiger partial charge is 0.107 e. The van der Waals surface area contributed by atoms with E-state index in [1.165, 1.54) is 31.4 Å². The second-order valence-electron chi connectivity index (χ2n) is 4.39. The fraction of sp³-hybridized carbons (Fsp3) is 0.917. The van der Waals surface area contributed by atoms with Crippen LogP contribution in [0.2, 0.25) is 0 Å². The number of nitriles is 1. The quantitative estimate of drug-likeness (QED) is 0.732. The molecule has 1 N–H and O–H groups in total. The van der Waals surface area contributed by atoms with Gasteiger partial charge in [0.25, 0.3) is 0 Å². The highest BCUT2D eigenvalue weighted by atomic mass is 32.2. The summed E-state index contributed by atoms with van der Waals surface area (Å²) in [6.07, 6.45) is 7.10. The van der Waals surface area contributed by atoms with Gasteiger partial charge in [-0.3, -0.25) is 0 Å². The van der Waals surface area contributed by atoms with E-state index in [1.807, 2.05) is 7.05 Å². The molecule has 0 saturated heterocycles. The van der Waals surface area contributed by atoms with Gasteiger partial charge in [0, 0.05) is 5.25 Å². The molecular formula is C12H22N2S. The SMILES string of the molecule is CCCCSC1CCCC(C#N)(NC)C1. The molecule has 15 heavy (non-hydrogen) atoms. The van der Waals surface area contributed by atoms with E-state index in [2.05, 4.69) is 30.1 Å². The van der Waals surface area contributed by atoms with Gasteiger partial charge in [0.15, 0.2) is 0 Å². The molecule has 0 amide bonds. The number of unbranched alkanes of at least 4 members (excludes halogenated alkanes) is 1. The van der Waals surface area contributed by atoms with E-state index in [1.54, 1.807) is 0 Å². The molecule has 0 aromatic rings. The van der Waals surface area contributed by atoms with Gasteiger partial charge in [-0.1, -0.05) is 13.3 Å². The van der Waals surface area contributed by atoms with Gasteiger partial charge in [-0.2, -0.15) is 17.0 Å². The maximum atomic E-state index is 9.21. The third kappa shape index (κ3) is 3.70. The highest BCUT2D eigenvalue weighted by Gasteiger charge is 2.34. The Morgan fingerprint density at radius 3 is 3.00 bits per heavy atom. The largest absolute Gasteiger partial charge is 0.302 e. The summed E-state index contributed by atoms with van der Waals surface area (Å²) < 4.78 is 0. The van der Waals surface area contributed by atoms with Crippen LogP contribution in [0.15, 0.2) is 0 Å². The summed E-state index contributed by atoms with van der Waals surface area (Å²) in [6, 6.07) is 2.46. The van der Waals surface area contributed by atoms with Gasteiger partial charge >= 0.3 is 0 Å². The Bertz CT molecular complexity index is 224. The lowest BCUT2D eigenvalue weighted by molar-refractivity contribution is 0.323. The summed E-state index contributed by atoms with van der Waals surface area (Å²) in [7, 11) is 1.92. The van der Waals surface area contributed by atoms with Crippen LogP contribution in [0.25, 0.3) is 0 Å². The Labute approximate surface area is 97.8 Å². The lowest BCUT2D eigenvalue weighted by atomic mass is 9.83. The first-order chi connectivity index (χ1) is 7.26. The van der Waals surface area contributed by atoms with Crippen molar-refractivity contribution in [3.8, 4) is 6.07 Å². The zero-order valence-electron chi connectivity index (χ0n) is 9.88. The first-order valence-corrected chi connectivity index (χ1v) is 7.03. The third-order valence-corrected chi connectivity index (χ3v) is 4.65. The summed E-state index contributed by atoms with van der Waals surface area (Å²) in [4.78, 5) is 0. The van der Waals surface area contributed by atoms with E-state index in [-0.39, 0.29) is 5.54 Å². The van der Waals surface area contributed by atoms with E-state index < -0.39 is 0 Å². The van der Waals surface area contributed by atoms with Crippen LogP contribution >= 0.6 is 11.8 Å². The lowest BCUT2D eigenvalue weighted by Gasteiger charge is -2.35. The summed E-state index contributed by atoms with van der Waals surface area (Å²) in [5.74, 6) is 1.26. The maximum Gasteiger partial charge on any atom is 0.107 e. The van der Waals surface area contributed by atoms with Gasteiger partial charge in [-0.15, -0.1) is 0 Å².